The Morgan fingerprint density at radius 1 is 1.23 bits per heavy atom. The van der Waals surface area contributed by atoms with Gasteiger partial charge in [0.1, 0.15) is 11.4 Å². The Balaban J connectivity index is 1.53. The van der Waals surface area contributed by atoms with Crippen LogP contribution in [0.4, 0.5) is 0 Å². The summed E-state index contributed by atoms with van der Waals surface area (Å²) in [6.07, 6.45) is 4.04. The van der Waals surface area contributed by atoms with Gasteiger partial charge in [-0.15, -0.1) is 0 Å². The zero-order chi connectivity index (χ0) is 17.7. The number of aromatic amines is 1. The summed E-state index contributed by atoms with van der Waals surface area (Å²) in [4.78, 5) is 17.9. The monoisotopic (exact) mass is 352 g/mol. The lowest BCUT2D eigenvalue weighted by atomic mass is 9.75. The lowest BCUT2D eigenvalue weighted by Crippen LogP contribution is -2.60. The number of likely N-dealkylation sites (tertiary alicyclic amines) is 1. The number of piperidine rings is 3. The van der Waals surface area contributed by atoms with Gasteiger partial charge in [-0.05, 0) is 55.6 Å². The summed E-state index contributed by atoms with van der Waals surface area (Å²) in [6, 6.07) is 10.8. The number of rotatable bonds is 3. The van der Waals surface area contributed by atoms with E-state index in [0.29, 0.717) is 29.6 Å². The molecule has 4 fully saturated rings. The van der Waals surface area contributed by atoms with Crippen molar-refractivity contribution in [3.63, 3.8) is 0 Å². The number of nitrogens with zero attached hydrogens (tertiary/aromatic N) is 3. The van der Waals surface area contributed by atoms with Gasteiger partial charge in [-0.2, -0.15) is 5.10 Å². The molecule has 1 aromatic heterocycles. The smallest absolute Gasteiger partial charge is 0.272 e. The third-order valence-electron chi connectivity index (χ3n) is 6.51. The van der Waals surface area contributed by atoms with Crippen molar-refractivity contribution in [3.8, 4) is 5.75 Å². The summed E-state index contributed by atoms with van der Waals surface area (Å²) in [6.45, 7) is 3.06. The molecule has 4 aliphatic heterocycles. The molecule has 4 saturated heterocycles. The number of methoxy groups -OCH3 is 1. The maximum absolute atomic E-state index is 13.2. The summed E-state index contributed by atoms with van der Waals surface area (Å²) in [7, 11) is 1.71. The van der Waals surface area contributed by atoms with Crippen LogP contribution in [0.15, 0.2) is 36.5 Å². The average molecular weight is 352 g/mol. The molecule has 1 aromatic carbocycles. The SMILES string of the molecule is COc1cccc([C@H]2CN(C(=O)c3ccn[nH]3)[C@@H]3C4CCN(CC4)[C@H]23)c1. The van der Waals surface area contributed by atoms with Gasteiger partial charge in [-0.1, -0.05) is 12.1 Å². The molecule has 5 heterocycles. The second kappa shape index (κ2) is 6.13. The molecule has 6 nitrogen and oxygen atoms in total. The van der Waals surface area contributed by atoms with Crippen LogP contribution >= 0.6 is 0 Å². The van der Waals surface area contributed by atoms with Crippen molar-refractivity contribution >= 4 is 5.91 Å². The molecule has 4 aliphatic rings. The fourth-order valence-electron chi connectivity index (χ4n) is 5.35. The number of carbonyl (C=O) groups is 1. The standard InChI is InChI=1S/C20H24N4O2/c1-26-15-4-2-3-14(11-15)16-12-24(20(25)17-5-8-21-22-17)18-13-6-9-23(10-7-13)19(16)18/h2-5,8,11,13,16,18-19H,6-7,9-10,12H2,1H3,(H,21,22)/t16-,18-,19-/m1/s1. The van der Waals surface area contributed by atoms with E-state index in [1.807, 2.05) is 6.07 Å². The zero-order valence-electron chi connectivity index (χ0n) is 15.0. The number of amides is 1. The number of nitrogens with one attached hydrogen (secondary N) is 1. The molecule has 0 radical (unpaired) electrons. The summed E-state index contributed by atoms with van der Waals surface area (Å²) in [5.41, 5.74) is 1.86. The summed E-state index contributed by atoms with van der Waals surface area (Å²) >= 11 is 0. The molecule has 1 amide bonds. The van der Waals surface area contributed by atoms with Crippen molar-refractivity contribution in [1.29, 1.82) is 0 Å². The summed E-state index contributed by atoms with van der Waals surface area (Å²) < 4.78 is 5.44. The maximum Gasteiger partial charge on any atom is 0.272 e. The number of carbonyl (C=O) groups excluding carboxylic acids is 1. The molecule has 6 heteroatoms. The normalized spacial score (nSPS) is 32.5. The van der Waals surface area contributed by atoms with Crippen LogP contribution in [0, 0.1) is 5.92 Å². The van der Waals surface area contributed by atoms with E-state index >= 15 is 0 Å². The predicted octanol–water partition coefficient (Wildman–Crippen LogP) is 2.12. The van der Waals surface area contributed by atoms with Crippen molar-refractivity contribution in [2.75, 3.05) is 26.7 Å². The fourth-order valence-corrected chi connectivity index (χ4v) is 5.35. The predicted molar refractivity (Wildman–Crippen MR) is 97.2 cm³/mol. The molecule has 3 atom stereocenters. The van der Waals surface area contributed by atoms with Crippen LogP contribution in [-0.2, 0) is 0 Å². The van der Waals surface area contributed by atoms with E-state index in [1.165, 1.54) is 18.4 Å². The molecule has 6 rings (SSSR count). The van der Waals surface area contributed by atoms with Gasteiger partial charge in [0.15, 0.2) is 0 Å². The van der Waals surface area contributed by atoms with E-state index < -0.39 is 0 Å². The Kier molecular flexibility index (Phi) is 3.74. The van der Waals surface area contributed by atoms with E-state index in [0.717, 1.165) is 25.4 Å². The summed E-state index contributed by atoms with van der Waals surface area (Å²) in [5.74, 6) is 1.89. The van der Waals surface area contributed by atoms with E-state index in [1.54, 1.807) is 19.4 Å². The van der Waals surface area contributed by atoms with Gasteiger partial charge in [-0.3, -0.25) is 14.8 Å². The van der Waals surface area contributed by atoms with Crippen LogP contribution in [0.2, 0.25) is 0 Å². The number of hydrogen-bond donors (Lipinski definition) is 1. The van der Waals surface area contributed by atoms with Crippen LogP contribution in [-0.4, -0.2) is 64.7 Å². The van der Waals surface area contributed by atoms with Crippen molar-refractivity contribution in [2.24, 2.45) is 5.92 Å². The van der Waals surface area contributed by atoms with Gasteiger partial charge in [0.2, 0.25) is 0 Å². The van der Waals surface area contributed by atoms with Gasteiger partial charge >= 0.3 is 0 Å². The molecule has 0 unspecified atom stereocenters. The molecule has 1 N–H and O–H groups in total. The number of benzene rings is 1. The van der Waals surface area contributed by atoms with E-state index in [4.69, 9.17) is 4.74 Å². The zero-order valence-corrected chi connectivity index (χ0v) is 15.0. The quantitative estimate of drug-likeness (QED) is 0.919. The number of ether oxygens (including phenoxy) is 1. The highest BCUT2D eigenvalue weighted by atomic mass is 16.5. The molecule has 2 aromatic rings. The third-order valence-corrected chi connectivity index (χ3v) is 6.51. The van der Waals surface area contributed by atoms with Crippen LogP contribution in [0.25, 0.3) is 0 Å². The van der Waals surface area contributed by atoms with Gasteiger partial charge in [0.05, 0.1) is 13.2 Å². The molecule has 0 saturated carbocycles. The van der Waals surface area contributed by atoms with E-state index in [9.17, 15) is 4.79 Å². The highest BCUT2D eigenvalue weighted by Gasteiger charge is 2.54. The first-order chi connectivity index (χ1) is 12.8. The van der Waals surface area contributed by atoms with Crippen LogP contribution in [0.5, 0.6) is 5.75 Å². The van der Waals surface area contributed by atoms with Gasteiger partial charge < -0.3 is 9.64 Å². The fraction of sp³-hybridized carbons (Fsp3) is 0.500. The molecule has 0 aliphatic carbocycles. The highest BCUT2D eigenvalue weighted by Crippen LogP contribution is 2.47. The first kappa shape index (κ1) is 15.9. The van der Waals surface area contributed by atoms with Crippen molar-refractivity contribution in [2.45, 2.75) is 30.8 Å². The third kappa shape index (κ3) is 2.35. The van der Waals surface area contributed by atoms with Crippen LogP contribution < -0.4 is 4.74 Å². The Bertz CT molecular complexity index is 798. The Morgan fingerprint density at radius 2 is 2.08 bits per heavy atom. The topological polar surface area (TPSA) is 61.5 Å². The van der Waals surface area contributed by atoms with Crippen molar-refractivity contribution in [1.82, 2.24) is 20.0 Å². The van der Waals surface area contributed by atoms with Gasteiger partial charge in [0, 0.05) is 24.7 Å². The lowest BCUT2D eigenvalue weighted by Gasteiger charge is -2.51. The van der Waals surface area contributed by atoms with Gasteiger partial charge in [0.25, 0.3) is 5.91 Å². The van der Waals surface area contributed by atoms with E-state index in [-0.39, 0.29) is 5.91 Å². The second-order valence-electron chi connectivity index (χ2n) is 7.67. The second-order valence-corrected chi connectivity index (χ2v) is 7.67. The first-order valence-electron chi connectivity index (χ1n) is 9.44. The van der Waals surface area contributed by atoms with Crippen molar-refractivity contribution < 1.29 is 9.53 Å². The van der Waals surface area contributed by atoms with Gasteiger partial charge in [-0.25, -0.2) is 0 Å². The summed E-state index contributed by atoms with van der Waals surface area (Å²) in [5, 5.41) is 6.82. The molecule has 136 valence electrons. The number of hydrogen-bond acceptors (Lipinski definition) is 4. The number of aromatic nitrogens is 2. The number of fused-ring (bicyclic) bond motifs is 2. The highest BCUT2D eigenvalue weighted by molar-refractivity contribution is 5.92. The Labute approximate surface area is 153 Å². The molecule has 26 heavy (non-hydrogen) atoms. The minimum atomic E-state index is 0.0802. The maximum atomic E-state index is 13.2. The molecule has 0 spiro atoms. The van der Waals surface area contributed by atoms with E-state index in [2.05, 4.69) is 38.2 Å². The lowest BCUT2D eigenvalue weighted by molar-refractivity contribution is -0.00359. The minimum Gasteiger partial charge on any atom is -0.497 e. The average Bonchev–Trinajstić information content (AvgIpc) is 3.37. The largest absolute Gasteiger partial charge is 0.497 e. The first-order valence-corrected chi connectivity index (χ1v) is 9.44. The molecule has 2 bridgehead atoms. The van der Waals surface area contributed by atoms with Crippen LogP contribution in [0.1, 0.15) is 34.8 Å². The Morgan fingerprint density at radius 3 is 2.81 bits per heavy atom. The number of H-pyrrole nitrogens is 1. The molecular weight excluding hydrogens is 328 g/mol. The minimum absolute atomic E-state index is 0.0802. The van der Waals surface area contributed by atoms with Crippen molar-refractivity contribution in [3.05, 3.63) is 47.8 Å². The molecular formula is C20H24N4O2. The Hall–Kier alpha value is -2.34. The van der Waals surface area contributed by atoms with Crippen LogP contribution in [0.3, 0.4) is 0 Å².